The molecule has 14 heavy (non-hydrogen) atoms. The summed E-state index contributed by atoms with van der Waals surface area (Å²) in [7, 11) is -4.44. The minimum atomic E-state index is -4.44. The van der Waals surface area contributed by atoms with Gasteiger partial charge in [0.1, 0.15) is 5.83 Å². The molecule has 0 bridgehead atoms. The molecule has 5 heteroatoms. The molecule has 0 aliphatic heterocycles. The van der Waals surface area contributed by atoms with Crippen molar-refractivity contribution in [3.63, 3.8) is 0 Å². The van der Waals surface area contributed by atoms with Gasteiger partial charge >= 0.3 is 7.60 Å². The van der Waals surface area contributed by atoms with Gasteiger partial charge in [0.15, 0.2) is 0 Å². The monoisotopic (exact) mass is 216 g/mol. The van der Waals surface area contributed by atoms with Gasteiger partial charge in [-0.3, -0.25) is 4.57 Å². The van der Waals surface area contributed by atoms with Crippen molar-refractivity contribution in [2.24, 2.45) is 0 Å². The zero-order chi connectivity index (χ0) is 10.8. The smallest absolute Gasteiger partial charge is 0.321 e. The van der Waals surface area contributed by atoms with Crippen LogP contribution in [0.2, 0.25) is 0 Å². The van der Waals surface area contributed by atoms with Crippen molar-refractivity contribution in [3.8, 4) is 0 Å². The Labute approximate surface area is 81.1 Å². The lowest BCUT2D eigenvalue weighted by Crippen LogP contribution is -1.84. The second kappa shape index (κ2) is 4.05. The zero-order valence-electron chi connectivity index (χ0n) is 7.51. The maximum absolute atomic E-state index is 13.3. The fourth-order valence-corrected chi connectivity index (χ4v) is 1.49. The van der Waals surface area contributed by atoms with E-state index in [1.165, 1.54) is 6.07 Å². The highest BCUT2D eigenvalue weighted by molar-refractivity contribution is 7.55. The van der Waals surface area contributed by atoms with Crippen LogP contribution in [0.5, 0.6) is 0 Å². The summed E-state index contributed by atoms with van der Waals surface area (Å²) in [5.74, 6) is -0.563. The van der Waals surface area contributed by atoms with Crippen LogP contribution in [0.25, 0.3) is 5.83 Å². The molecule has 0 unspecified atom stereocenters. The number of rotatable bonds is 2. The summed E-state index contributed by atoms with van der Waals surface area (Å²) in [6, 6.07) is 6.47. The summed E-state index contributed by atoms with van der Waals surface area (Å²) >= 11 is 0. The molecule has 1 aromatic carbocycles. The third-order valence-corrected chi connectivity index (χ3v) is 2.25. The predicted octanol–water partition coefficient (Wildman–Crippen LogP) is 2.44. The predicted molar refractivity (Wildman–Crippen MR) is 52.3 cm³/mol. The average Bonchev–Trinajstić information content (AvgIpc) is 2.01. The zero-order valence-corrected chi connectivity index (χ0v) is 8.41. The first-order chi connectivity index (χ1) is 6.40. The SMILES string of the molecule is Cc1ccccc1C(F)=CP(=O)(O)O. The topological polar surface area (TPSA) is 57.5 Å². The first kappa shape index (κ1) is 11.1. The fourth-order valence-electron chi connectivity index (χ4n) is 1.06. The molecular weight excluding hydrogens is 206 g/mol. The fraction of sp³-hybridized carbons (Fsp3) is 0.111. The lowest BCUT2D eigenvalue weighted by Gasteiger charge is -2.02. The molecule has 0 saturated carbocycles. The summed E-state index contributed by atoms with van der Waals surface area (Å²) in [5, 5.41) is 0. The van der Waals surface area contributed by atoms with Crippen LogP contribution >= 0.6 is 7.60 Å². The lowest BCUT2D eigenvalue weighted by atomic mass is 10.1. The average molecular weight is 216 g/mol. The highest BCUT2D eigenvalue weighted by Crippen LogP contribution is 2.40. The van der Waals surface area contributed by atoms with Gasteiger partial charge in [-0.2, -0.15) is 0 Å². The number of halogens is 1. The molecule has 0 saturated heterocycles. The molecule has 1 aromatic rings. The van der Waals surface area contributed by atoms with E-state index in [1.807, 2.05) is 0 Å². The van der Waals surface area contributed by atoms with E-state index < -0.39 is 13.4 Å². The van der Waals surface area contributed by atoms with Gasteiger partial charge in [0, 0.05) is 5.56 Å². The van der Waals surface area contributed by atoms with Crippen LogP contribution in [-0.2, 0) is 4.57 Å². The van der Waals surface area contributed by atoms with Gasteiger partial charge < -0.3 is 9.79 Å². The largest absolute Gasteiger partial charge is 0.352 e. The molecule has 76 valence electrons. The van der Waals surface area contributed by atoms with Gasteiger partial charge in [0.2, 0.25) is 0 Å². The van der Waals surface area contributed by atoms with Crippen molar-refractivity contribution in [2.75, 3.05) is 0 Å². The van der Waals surface area contributed by atoms with Gasteiger partial charge in [-0.05, 0) is 12.5 Å². The maximum atomic E-state index is 13.3. The van der Waals surface area contributed by atoms with E-state index in [0.29, 0.717) is 11.4 Å². The van der Waals surface area contributed by atoms with E-state index >= 15 is 0 Å². The standard InChI is InChI=1S/C9H10FO3P/c1-7-4-2-3-5-8(7)9(10)6-14(11,12)13/h2-6H,1H3,(H2,11,12,13). The Morgan fingerprint density at radius 1 is 1.43 bits per heavy atom. The molecule has 0 aliphatic rings. The summed E-state index contributed by atoms with van der Waals surface area (Å²) in [5.41, 5.74) is 0.838. The van der Waals surface area contributed by atoms with Gasteiger partial charge in [-0.15, -0.1) is 0 Å². The van der Waals surface area contributed by atoms with Crippen LogP contribution in [0.3, 0.4) is 0 Å². The number of benzene rings is 1. The minimum Gasteiger partial charge on any atom is -0.321 e. The van der Waals surface area contributed by atoms with E-state index in [9.17, 15) is 8.96 Å². The minimum absolute atomic E-state index is 0.204. The second-order valence-corrected chi connectivity index (χ2v) is 4.32. The summed E-state index contributed by atoms with van der Waals surface area (Å²) in [4.78, 5) is 17.1. The molecule has 0 fully saturated rings. The quantitative estimate of drug-likeness (QED) is 0.746. The summed E-state index contributed by atoms with van der Waals surface area (Å²) in [6.07, 6.45) is 0. The van der Waals surface area contributed by atoms with Crippen LogP contribution in [0.1, 0.15) is 11.1 Å². The molecule has 0 spiro atoms. The van der Waals surface area contributed by atoms with Crippen molar-refractivity contribution in [3.05, 3.63) is 41.2 Å². The van der Waals surface area contributed by atoms with E-state index in [1.54, 1.807) is 25.1 Å². The Balaban J connectivity index is 3.13. The highest BCUT2D eigenvalue weighted by atomic mass is 31.2. The molecule has 0 radical (unpaired) electrons. The van der Waals surface area contributed by atoms with Gasteiger partial charge in [-0.1, -0.05) is 24.3 Å². The molecule has 0 aliphatic carbocycles. The molecule has 1 rings (SSSR count). The third kappa shape index (κ3) is 3.07. The number of aryl methyl sites for hydroxylation is 1. The molecule has 0 amide bonds. The molecule has 0 atom stereocenters. The van der Waals surface area contributed by atoms with Crippen molar-refractivity contribution in [1.82, 2.24) is 0 Å². The highest BCUT2D eigenvalue weighted by Gasteiger charge is 2.13. The molecule has 3 nitrogen and oxygen atoms in total. The van der Waals surface area contributed by atoms with Crippen LogP contribution < -0.4 is 0 Å². The molecule has 2 N–H and O–H groups in total. The van der Waals surface area contributed by atoms with Crippen LogP contribution in [0.4, 0.5) is 4.39 Å². The summed E-state index contributed by atoms with van der Waals surface area (Å²) in [6.45, 7) is 1.67. The van der Waals surface area contributed by atoms with E-state index in [0.717, 1.165) is 0 Å². The van der Waals surface area contributed by atoms with Crippen molar-refractivity contribution in [2.45, 2.75) is 6.92 Å². The van der Waals surface area contributed by atoms with Crippen molar-refractivity contribution < 1.29 is 18.7 Å². The Morgan fingerprint density at radius 2 is 2.00 bits per heavy atom. The number of hydrogen-bond acceptors (Lipinski definition) is 1. The summed E-state index contributed by atoms with van der Waals surface area (Å²) < 4.78 is 23.8. The van der Waals surface area contributed by atoms with Crippen LogP contribution in [0, 0.1) is 6.92 Å². The van der Waals surface area contributed by atoms with E-state index in [-0.39, 0.29) is 5.56 Å². The first-order valence-corrected chi connectivity index (χ1v) is 5.58. The Kier molecular flexibility index (Phi) is 3.21. The Hall–Kier alpha value is -0.960. The van der Waals surface area contributed by atoms with E-state index in [2.05, 4.69) is 0 Å². The Morgan fingerprint density at radius 3 is 2.50 bits per heavy atom. The second-order valence-electron chi connectivity index (χ2n) is 2.88. The van der Waals surface area contributed by atoms with Crippen molar-refractivity contribution >= 4 is 13.4 Å². The van der Waals surface area contributed by atoms with Gasteiger partial charge in [0.05, 0.1) is 5.82 Å². The Bertz CT molecular complexity index is 408. The molecule has 0 aromatic heterocycles. The third-order valence-electron chi connectivity index (χ3n) is 1.68. The van der Waals surface area contributed by atoms with Crippen LogP contribution in [0.15, 0.2) is 30.1 Å². The van der Waals surface area contributed by atoms with Crippen LogP contribution in [-0.4, -0.2) is 9.79 Å². The van der Waals surface area contributed by atoms with Gasteiger partial charge in [0.25, 0.3) is 0 Å². The first-order valence-electron chi connectivity index (χ1n) is 3.90. The molecular formula is C9H10FO3P. The maximum Gasteiger partial charge on any atom is 0.352 e. The normalized spacial score (nSPS) is 13.0. The lowest BCUT2D eigenvalue weighted by molar-refractivity contribution is 0.386. The van der Waals surface area contributed by atoms with Gasteiger partial charge in [-0.25, -0.2) is 4.39 Å². The van der Waals surface area contributed by atoms with Crippen molar-refractivity contribution in [1.29, 1.82) is 0 Å². The molecule has 0 heterocycles. The van der Waals surface area contributed by atoms with E-state index in [4.69, 9.17) is 9.79 Å². The number of hydrogen-bond donors (Lipinski definition) is 2.